The van der Waals surface area contributed by atoms with Crippen molar-refractivity contribution in [2.75, 3.05) is 0 Å². The van der Waals surface area contributed by atoms with Crippen molar-refractivity contribution in [3.8, 4) is 16.8 Å². The zero-order chi connectivity index (χ0) is 36.0. The average Bonchev–Trinajstić information content (AvgIpc) is 3.91. The van der Waals surface area contributed by atoms with Crippen molar-refractivity contribution in [1.29, 1.82) is 0 Å². The van der Waals surface area contributed by atoms with Gasteiger partial charge >= 0.3 is 0 Å². The normalized spacial score (nSPS) is 21.5. The molecule has 3 heterocycles. The number of allylic oxidation sites excluding steroid dienone is 8. The van der Waals surface area contributed by atoms with Gasteiger partial charge in [-0.1, -0.05) is 134 Å². The van der Waals surface area contributed by atoms with Gasteiger partial charge in [0.15, 0.2) is 0 Å². The molecule has 3 unspecified atom stereocenters. The summed E-state index contributed by atoms with van der Waals surface area (Å²) in [6.45, 7) is 0. The molecule has 1 saturated heterocycles. The monoisotopic (exact) mass is 706 g/mol. The maximum absolute atomic E-state index is 6.59. The molecule has 0 amide bonds. The molecule has 12 rings (SSSR count). The summed E-state index contributed by atoms with van der Waals surface area (Å²) in [5.41, 5.74) is 12.4. The van der Waals surface area contributed by atoms with Crippen LogP contribution < -0.4 is 0 Å². The lowest BCUT2D eigenvalue weighted by atomic mass is 9.75. The van der Waals surface area contributed by atoms with Crippen molar-refractivity contribution in [3.05, 3.63) is 188 Å². The molecular weight excluding hydrogens is 669 g/mol. The lowest BCUT2D eigenvalue weighted by Crippen LogP contribution is -2.23. The summed E-state index contributed by atoms with van der Waals surface area (Å²) in [6.07, 6.45) is 24.9. The van der Waals surface area contributed by atoms with Crippen molar-refractivity contribution in [1.82, 2.24) is 9.13 Å². The largest absolute Gasteiger partial charge is 0.366 e. The topological polar surface area (TPSA) is 19.1 Å². The molecule has 0 spiro atoms. The van der Waals surface area contributed by atoms with E-state index in [0.717, 1.165) is 12.8 Å². The molecule has 0 saturated carbocycles. The van der Waals surface area contributed by atoms with Gasteiger partial charge in [-0.3, -0.25) is 0 Å². The minimum atomic E-state index is 0.0651. The van der Waals surface area contributed by atoms with E-state index in [1.165, 1.54) is 88.0 Å². The van der Waals surface area contributed by atoms with Crippen molar-refractivity contribution in [2.45, 2.75) is 25.0 Å². The first-order chi connectivity index (χ1) is 27.3. The Labute approximate surface area is 319 Å². The van der Waals surface area contributed by atoms with E-state index in [4.69, 9.17) is 4.74 Å². The fraction of sp³-hybridized carbons (Fsp3) is 0.115. The lowest BCUT2D eigenvalue weighted by Gasteiger charge is -2.27. The molecule has 262 valence electrons. The van der Waals surface area contributed by atoms with E-state index >= 15 is 0 Å². The molecule has 1 aliphatic heterocycles. The molecule has 55 heavy (non-hydrogen) atoms. The van der Waals surface area contributed by atoms with Gasteiger partial charge in [-0.25, -0.2) is 0 Å². The van der Waals surface area contributed by atoms with Gasteiger partial charge in [0.05, 0.1) is 40.0 Å². The van der Waals surface area contributed by atoms with Gasteiger partial charge in [0.1, 0.15) is 0 Å². The molecule has 1 fully saturated rings. The van der Waals surface area contributed by atoms with E-state index < -0.39 is 0 Å². The summed E-state index contributed by atoms with van der Waals surface area (Å²) >= 11 is 0. The second-order valence-corrected chi connectivity index (χ2v) is 15.4. The summed E-state index contributed by atoms with van der Waals surface area (Å²) in [7, 11) is 0. The third-order valence-electron chi connectivity index (χ3n) is 12.5. The van der Waals surface area contributed by atoms with E-state index in [0.29, 0.717) is 5.92 Å². The molecular formula is C52H38N2O. The van der Waals surface area contributed by atoms with Crippen LogP contribution in [0.3, 0.4) is 0 Å². The van der Waals surface area contributed by atoms with Crippen LogP contribution in [-0.4, -0.2) is 21.3 Å². The SMILES string of the molecule is C1=CC2O[C@@H]3C=CC=CC3C2C(c2cc(-n3c4ccccc4c4ccc(-c5ccc6c(c5)c5ccccc5n6C5=CCCC=C5)cc43)c3ccccc3c2)=C1. The molecule has 2 aromatic heterocycles. The summed E-state index contributed by atoms with van der Waals surface area (Å²) in [4.78, 5) is 0. The average molecular weight is 707 g/mol. The molecule has 0 bridgehead atoms. The smallest absolute Gasteiger partial charge is 0.0842 e. The summed E-state index contributed by atoms with van der Waals surface area (Å²) in [6, 6.07) is 45.5. The number of aromatic nitrogens is 2. The van der Waals surface area contributed by atoms with E-state index in [9.17, 15) is 0 Å². The highest BCUT2D eigenvalue weighted by molar-refractivity contribution is 6.14. The minimum Gasteiger partial charge on any atom is -0.366 e. The molecule has 0 N–H and O–H groups in total. The fourth-order valence-electron chi connectivity index (χ4n) is 10.0. The van der Waals surface area contributed by atoms with Gasteiger partial charge in [-0.15, -0.1) is 0 Å². The Morgan fingerprint density at radius 3 is 2.09 bits per heavy atom. The van der Waals surface area contributed by atoms with Gasteiger partial charge in [0, 0.05) is 44.5 Å². The molecule has 6 aromatic carbocycles. The number of rotatable bonds is 4. The van der Waals surface area contributed by atoms with Crippen LogP contribution in [0, 0.1) is 11.8 Å². The van der Waals surface area contributed by atoms with Gasteiger partial charge in [-0.05, 0) is 89.0 Å². The van der Waals surface area contributed by atoms with Crippen LogP contribution in [-0.2, 0) is 4.74 Å². The van der Waals surface area contributed by atoms with Crippen LogP contribution in [0.4, 0.5) is 0 Å². The molecule has 8 aromatic rings. The van der Waals surface area contributed by atoms with Crippen LogP contribution in [0.2, 0.25) is 0 Å². The molecule has 4 aliphatic rings. The standard InChI is InChI=1S/C52H38N2O/c1-2-14-37(15-3-1)53-45-21-9-7-18-41(45)44-30-33(26-28-47(44)53)34-25-27-42-40-17-6-10-22-46(40)54(49(42)31-34)48-32-36(29-35-13-4-5-16-38(35)48)39-20-12-24-51-52(39)43-19-8-11-23-50(43)55-51/h2,4-32,43,50-52H,1,3H2/t43?,50-,51?,52?/m1/s1. The number of nitrogens with zero attached hydrogens (tertiary/aromatic N) is 2. The zero-order valence-electron chi connectivity index (χ0n) is 30.3. The van der Waals surface area contributed by atoms with Crippen LogP contribution >= 0.6 is 0 Å². The van der Waals surface area contributed by atoms with Crippen molar-refractivity contribution in [2.24, 2.45) is 11.8 Å². The Kier molecular flexibility index (Phi) is 6.78. The highest BCUT2D eigenvalue weighted by Crippen LogP contribution is 2.48. The minimum absolute atomic E-state index is 0.0651. The number of benzene rings is 6. The van der Waals surface area contributed by atoms with Crippen LogP contribution in [0.5, 0.6) is 0 Å². The number of hydrogen-bond donors (Lipinski definition) is 0. The van der Waals surface area contributed by atoms with Gasteiger partial charge < -0.3 is 13.9 Å². The second kappa shape index (κ2) is 12.0. The lowest BCUT2D eigenvalue weighted by molar-refractivity contribution is 0.0891. The number of hydrogen-bond acceptors (Lipinski definition) is 1. The predicted octanol–water partition coefficient (Wildman–Crippen LogP) is 13.0. The number of para-hydroxylation sites is 2. The first-order valence-corrected chi connectivity index (χ1v) is 19.6. The third kappa shape index (κ3) is 4.66. The van der Waals surface area contributed by atoms with Gasteiger partial charge in [-0.2, -0.15) is 0 Å². The highest BCUT2D eigenvalue weighted by Gasteiger charge is 2.44. The van der Waals surface area contributed by atoms with E-state index in [1.807, 2.05) is 0 Å². The second-order valence-electron chi connectivity index (χ2n) is 15.4. The summed E-state index contributed by atoms with van der Waals surface area (Å²) < 4.78 is 11.5. The van der Waals surface area contributed by atoms with Crippen molar-refractivity contribution >= 4 is 65.7 Å². The maximum atomic E-state index is 6.59. The van der Waals surface area contributed by atoms with Gasteiger partial charge in [0.2, 0.25) is 0 Å². The first kappa shape index (κ1) is 31.0. The molecule has 4 atom stereocenters. The Morgan fingerprint density at radius 1 is 0.509 bits per heavy atom. The third-order valence-corrected chi connectivity index (χ3v) is 12.5. The van der Waals surface area contributed by atoms with E-state index in [1.54, 1.807) is 0 Å². The maximum Gasteiger partial charge on any atom is 0.0842 e. The Morgan fingerprint density at radius 2 is 1.22 bits per heavy atom. The van der Waals surface area contributed by atoms with Gasteiger partial charge in [0.25, 0.3) is 0 Å². The quantitative estimate of drug-likeness (QED) is 0.178. The fourth-order valence-corrected chi connectivity index (χ4v) is 10.0. The Hall–Kier alpha value is -6.42. The highest BCUT2D eigenvalue weighted by atomic mass is 16.5. The van der Waals surface area contributed by atoms with Crippen LogP contribution in [0.25, 0.3) is 82.5 Å². The number of fused-ring (bicyclic) bond motifs is 10. The molecule has 0 radical (unpaired) electrons. The van der Waals surface area contributed by atoms with Crippen molar-refractivity contribution in [3.63, 3.8) is 0 Å². The Bertz CT molecular complexity index is 3100. The van der Waals surface area contributed by atoms with E-state index in [2.05, 4.69) is 191 Å². The first-order valence-electron chi connectivity index (χ1n) is 19.6. The summed E-state index contributed by atoms with van der Waals surface area (Å²) in [5.74, 6) is 0.584. The number of ether oxygens (including phenoxy) is 1. The van der Waals surface area contributed by atoms with Crippen LogP contribution in [0.15, 0.2) is 182 Å². The predicted molar refractivity (Wildman–Crippen MR) is 230 cm³/mol. The van der Waals surface area contributed by atoms with Crippen LogP contribution in [0.1, 0.15) is 18.4 Å². The molecule has 3 aliphatic carbocycles. The van der Waals surface area contributed by atoms with Crippen molar-refractivity contribution < 1.29 is 4.74 Å². The van der Waals surface area contributed by atoms with E-state index in [-0.39, 0.29) is 18.1 Å². The molecule has 3 nitrogen and oxygen atoms in total. The Balaban J connectivity index is 1.06. The zero-order valence-corrected chi connectivity index (χ0v) is 30.3. The summed E-state index contributed by atoms with van der Waals surface area (Å²) in [5, 5.41) is 7.56. The molecule has 3 heteroatoms.